The maximum absolute atomic E-state index is 12.7. The van der Waals surface area contributed by atoms with E-state index in [0.717, 1.165) is 18.7 Å². The first-order valence-electron chi connectivity index (χ1n) is 7.96. The largest absolute Gasteiger partial charge is 0.336 e. The Hall–Kier alpha value is -2.11. The number of pyridine rings is 1. The van der Waals surface area contributed by atoms with Crippen LogP contribution in [-0.4, -0.2) is 53.5 Å². The lowest BCUT2D eigenvalue weighted by Crippen LogP contribution is -2.47. The van der Waals surface area contributed by atoms with Crippen LogP contribution in [0.15, 0.2) is 47.4 Å². The van der Waals surface area contributed by atoms with Crippen molar-refractivity contribution in [1.82, 2.24) is 14.4 Å². The Morgan fingerprint density at radius 1 is 1.12 bits per heavy atom. The third kappa shape index (κ3) is 3.68. The summed E-state index contributed by atoms with van der Waals surface area (Å²) in [7, 11) is 2.04. The number of likely N-dealkylation sites (N-methyl/N-ethyl adjacent to an activating group) is 1. The fourth-order valence-corrected chi connectivity index (χ4v) is 3.03. The lowest BCUT2D eigenvalue weighted by molar-refractivity contribution is 0.0663. The van der Waals surface area contributed by atoms with Gasteiger partial charge in [-0.1, -0.05) is 41.9 Å². The van der Waals surface area contributed by atoms with Gasteiger partial charge in [-0.05, 0) is 18.7 Å². The number of amides is 1. The van der Waals surface area contributed by atoms with Crippen LogP contribution in [0.25, 0.3) is 0 Å². The summed E-state index contributed by atoms with van der Waals surface area (Å²) in [6, 6.07) is 11.1. The lowest BCUT2D eigenvalue weighted by atomic mass is 10.2. The average molecular weight is 346 g/mol. The molecular weight excluding hydrogens is 326 g/mol. The first kappa shape index (κ1) is 16.7. The first-order valence-corrected chi connectivity index (χ1v) is 8.34. The molecule has 6 heteroatoms. The molecule has 0 bridgehead atoms. The number of carbonyl (C=O) groups is 1. The van der Waals surface area contributed by atoms with Gasteiger partial charge in [0.05, 0.1) is 12.1 Å². The number of aromatic nitrogens is 1. The summed E-state index contributed by atoms with van der Waals surface area (Å²) in [5.74, 6) is -0.0770. The third-order valence-electron chi connectivity index (χ3n) is 4.28. The second-order valence-electron chi connectivity index (χ2n) is 6.09. The number of hydrogen-bond acceptors (Lipinski definition) is 3. The fourth-order valence-electron chi connectivity index (χ4n) is 2.81. The van der Waals surface area contributed by atoms with E-state index in [0.29, 0.717) is 25.2 Å². The van der Waals surface area contributed by atoms with Crippen molar-refractivity contribution < 1.29 is 4.79 Å². The summed E-state index contributed by atoms with van der Waals surface area (Å²) >= 11 is 6.08. The summed E-state index contributed by atoms with van der Waals surface area (Å²) < 4.78 is 1.50. The molecule has 0 N–H and O–H groups in total. The van der Waals surface area contributed by atoms with Crippen molar-refractivity contribution in [2.24, 2.45) is 0 Å². The maximum Gasteiger partial charge on any atom is 0.269 e. The van der Waals surface area contributed by atoms with Crippen LogP contribution in [0.1, 0.15) is 15.9 Å². The minimum absolute atomic E-state index is 0.0749. The molecule has 24 heavy (non-hydrogen) atoms. The predicted molar refractivity (Wildman–Crippen MR) is 94.7 cm³/mol. The van der Waals surface area contributed by atoms with Crippen LogP contribution in [0.5, 0.6) is 0 Å². The van der Waals surface area contributed by atoms with E-state index in [1.54, 1.807) is 6.20 Å². The van der Waals surface area contributed by atoms with E-state index in [9.17, 15) is 9.59 Å². The predicted octanol–water partition coefficient (Wildman–Crippen LogP) is 1.94. The van der Waals surface area contributed by atoms with Gasteiger partial charge in [0.1, 0.15) is 5.02 Å². The zero-order chi connectivity index (χ0) is 17.1. The van der Waals surface area contributed by atoms with Crippen LogP contribution in [0.3, 0.4) is 0 Å². The molecule has 5 nitrogen and oxygen atoms in total. The molecule has 1 amide bonds. The van der Waals surface area contributed by atoms with Gasteiger partial charge in [-0.2, -0.15) is 0 Å². The standard InChI is InChI=1S/C18H20ClN3O2/c1-20-7-9-21(10-8-20)17(23)15-11-16(19)18(24)22(13-15)12-14-5-3-2-4-6-14/h2-6,11,13H,7-10,12H2,1H3. The summed E-state index contributed by atoms with van der Waals surface area (Å²) in [4.78, 5) is 29.0. The van der Waals surface area contributed by atoms with Crippen LogP contribution in [0.4, 0.5) is 0 Å². The van der Waals surface area contributed by atoms with Crippen molar-refractivity contribution >= 4 is 17.5 Å². The van der Waals surface area contributed by atoms with Crippen molar-refractivity contribution in [3.63, 3.8) is 0 Å². The highest BCUT2D eigenvalue weighted by Gasteiger charge is 2.21. The summed E-state index contributed by atoms with van der Waals surface area (Å²) in [6.07, 6.45) is 1.61. The number of carbonyl (C=O) groups excluding carboxylic acids is 1. The van der Waals surface area contributed by atoms with Crippen LogP contribution < -0.4 is 5.56 Å². The summed E-state index contributed by atoms with van der Waals surface area (Å²) in [5.41, 5.74) is 1.16. The molecule has 0 saturated carbocycles. The van der Waals surface area contributed by atoms with Gasteiger partial charge < -0.3 is 14.4 Å². The van der Waals surface area contributed by atoms with Crippen LogP contribution in [0, 0.1) is 0 Å². The average Bonchev–Trinajstić information content (AvgIpc) is 2.60. The SMILES string of the molecule is CN1CCN(C(=O)c2cc(Cl)c(=O)n(Cc3ccccc3)c2)CC1. The second-order valence-corrected chi connectivity index (χ2v) is 6.50. The van der Waals surface area contributed by atoms with Gasteiger partial charge in [-0.3, -0.25) is 9.59 Å². The van der Waals surface area contributed by atoms with Gasteiger partial charge in [0.25, 0.3) is 11.5 Å². The van der Waals surface area contributed by atoms with Crippen molar-refractivity contribution in [2.75, 3.05) is 33.2 Å². The van der Waals surface area contributed by atoms with E-state index in [4.69, 9.17) is 11.6 Å². The van der Waals surface area contributed by atoms with Crippen molar-refractivity contribution in [3.05, 3.63) is 69.1 Å². The molecule has 1 aliphatic rings. The van der Waals surface area contributed by atoms with Gasteiger partial charge in [-0.25, -0.2) is 0 Å². The molecule has 1 fully saturated rings. The van der Waals surface area contributed by atoms with E-state index < -0.39 is 0 Å². The number of nitrogens with zero attached hydrogens (tertiary/aromatic N) is 3. The number of rotatable bonds is 3. The van der Waals surface area contributed by atoms with Crippen molar-refractivity contribution in [3.8, 4) is 0 Å². The number of benzene rings is 1. The van der Waals surface area contributed by atoms with Crippen molar-refractivity contribution in [1.29, 1.82) is 0 Å². The first-order chi connectivity index (χ1) is 11.5. The second kappa shape index (κ2) is 7.20. The molecule has 0 spiro atoms. The minimum Gasteiger partial charge on any atom is -0.336 e. The third-order valence-corrected chi connectivity index (χ3v) is 4.55. The normalized spacial score (nSPS) is 15.5. The van der Waals surface area contributed by atoms with Gasteiger partial charge in [-0.15, -0.1) is 0 Å². The molecule has 0 radical (unpaired) electrons. The van der Waals surface area contributed by atoms with Crippen LogP contribution in [0.2, 0.25) is 5.02 Å². The molecule has 1 aromatic heterocycles. The molecule has 3 rings (SSSR count). The minimum atomic E-state index is -0.282. The topological polar surface area (TPSA) is 45.6 Å². The monoisotopic (exact) mass is 345 g/mol. The molecule has 1 saturated heterocycles. The Morgan fingerprint density at radius 2 is 1.79 bits per heavy atom. The highest BCUT2D eigenvalue weighted by Crippen LogP contribution is 2.12. The van der Waals surface area contributed by atoms with E-state index in [2.05, 4.69) is 4.90 Å². The maximum atomic E-state index is 12.7. The zero-order valence-corrected chi connectivity index (χ0v) is 14.4. The summed E-state index contributed by atoms with van der Waals surface area (Å²) in [5, 5.41) is 0.0749. The highest BCUT2D eigenvalue weighted by atomic mass is 35.5. The molecule has 126 valence electrons. The molecule has 2 aromatic rings. The Kier molecular flexibility index (Phi) is 5.02. The smallest absolute Gasteiger partial charge is 0.269 e. The van der Waals surface area contributed by atoms with Gasteiger partial charge >= 0.3 is 0 Å². The Morgan fingerprint density at radius 3 is 2.46 bits per heavy atom. The lowest BCUT2D eigenvalue weighted by Gasteiger charge is -2.32. The van der Waals surface area contributed by atoms with E-state index >= 15 is 0 Å². The number of piperazine rings is 1. The molecule has 0 aliphatic carbocycles. The van der Waals surface area contributed by atoms with Crippen LogP contribution in [-0.2, 0) is 6.54 Å². The summed E-state index contributed by atoms with van der Waals surface area (Å²) in [6.45, 7) is 3.46. The molecule has 1 aliphatic heterocycles. The van der Waals surface area contributed by atoms with Gasteiger partial charge in [0, 0.05) is 32.4 Å². The van der Waals surface area contributed by atoms with E-state index in [-0.39, 0.29) is 16.5 Å². The van der Waals surface area contributed by atoms with Gasteiger partial charge in [0.2, 0.25) is 0 Å². The molecule has 0 unspecified atom stereocenters. The molecule has 0 atom stereocenters. The van der Waals surface area contributed by atoms with Gasteiger partial charge in [0.15, 0.2) is 0 Å². The molecule has 2 heterocycles. The molecule has 1 aromatic carbocycles. The number of halogens is 1. The van der Waals surface area contributed by atoms with E-state index in [1.807, 2.05) is 42.3 Å². The Labute approximate surface area is 146 Å². The van der Waals surface area contributed by atoms with Crippen molar-refractivity contribution in [2.45, 2.75) is 6.54 Å². The molecular formula is C18H20ClN3O2. The zero-order valence-electron chi connectivity index (χ0n) is 13.6. The fraction of sp³-hybridized carbons (Fsp3) is 0.333. The Bertz CT molecular complexity index is 781. The highest BCUT2D eigenvalue weighted by molar-refractivity contribution is 6.30. The van der Waals surface area contributed by atoms with Crippen LogP contribution >= 0.6 is 11.6 Å². The van der Waals surface area contributed by atoms with E-state index in [1.165, 1.54) is 10.6 Å². The Balaban J connectivity index is 1.86. The number of hydrogen-bond donors (Lipinski definition) is 0. The quantitative estimate of drug-likeness (QED) is 0.854.